The summed E-state index contributed by atoms with van der Waals surface area (Å²) in [4.78, 5) is 14.2. The van der Waals surface area contributed by atoms with Crippen molar-refractivity contribution in [3.63, 3.8) is 0 Å². The smallest absolute Gasteiger partial charge is 0.142 e. The molecule has 7 nitrogen and oxygen atoms in total. The van der Waals surface area contributed by atoms with Crippen molar-refractivity contribution in [1.82, 2.24) is 15.0 Å². The number of rotatable bonds is 9. The van der Waals surface area contributed by atoms with Crippen LogP contribution in [0.3, 0.4) is 0 Å². The van der Waals surface area contributed by atoms with Gasteiger partial charge in [-0.3, -0.25) is 0 Å². The number of anilines is 1. The Hall–Kier alpha value is -1.67. The Bertz CT molecular complexity index is 866. The number of fused-ring (bicyclic) bond motifs is 1. The maximum atomic E-state index is 13.2. The summed E-state index contributed by atoms with van der Waals surface area (Å²) < 4.78 is 23.0. The van der Waals surface area contributed by atoms with E-state index in [1.165, 1.54) is 0 Å². The molecule has 2 aromatic heterocycles. The summed E-state index contributed by atoms with van der Waals surface area (Å²) in [5, 5.41) is 1.06. The molecule has 0 aliphatic heterocycles. The Morgan fingerprint density at radius 1 is 1.32 bits per heavy atom. The van der Waals surface area contributed by atoms with Crippen molar-refractivity contribution in [1.29, 1.82) is 0 Å². The van der Waals surface area contributed by atoms with Crippen LogP contribution in [-0.4, -0.2) is 64.0 Å². The second-order valence-electron chi connectivity index (χ2n) is 7.71. The minimum atomic E-state index is -2.16. The Kier molecular flexibility index (Phi) is 7.29. The van der Waals surface area contributed by atoms with Crippen LogP contribution in [0.4, 0.5) is 5.82 Å². The molecule has 0 spiro atoms. The summed E-state index contributed by atoms with van der Waals surface area (Å²) in [5.74, 6) is 2.72. The Balaban J connectivity index is 1.62. The molecule has 1 unspecified atom stereocenters. The van der Waals surface area contributed by atoms with E-state index in [0.29, 0.717) is 36.6 Å². The van der Waals surface area contributed by atoms with Crippen molar-refractivity contribution < 1.29 is 8.95 Å². The fourth-order valence-electron chi connectivity index (χ4n) is 4.05. The van der Waals surface area contributed by atoms with E-state index >= 15 is 0 Å². The molecular formula is C20H33N5O2S. The molecule has 0 amide bonds. The van der Waals surface area contributed by atoms with Crippen LogP contribution in [0.1, 0.15) is 39.0 Å². The van der Waals surface area contributed by atoms with Gasteiger partial charge in [-0.15, -0.1) is 0 Å². The molecule has 28 heavy (non-hydrogen) atoms. The lowest BCUT2D eigenvalue weighted by molar-refractivity contribution is 0.217. The van der Waals surface area contributed by atoms with Gasteiger partial charge in [0.15, 0.2) is 0 Å². The second-order valence-corrected chi connectivity index (χ2v) is 10.3. The third kappa shape index (κ3) is 5.03. The van der Waals surface area contributed by atoms with E-state index in [1.807, 2.05) is 12.3 Å². The number of nitrogens with one attached hydrogen (secondary N) is 1. The zero-order valence-electron chi connectivity index (χ0n) is 17.3. The first-order valence-electron chi connectivity index (χ1n) is 10.2. The van der Waals surface area contributed by atoms with Gasteiger partial charge in [-0.2, -0.15) is 0 Å². The first-order valence-corrected chi connectivity index (χ1v) is 12.1. The van der Waals surface area contributed by atoms with Gasteiger partial charge in [0, 0.05) is 48.4 Å². The molecule has 3 rings (SSSR count). The summed E-state index contributed by atoms with van der Waals surface area (Å²) >= 11 is 0. The maximum Gasteiger partial charge on any atom is 0.142 e. The maximum absolute atomic E-state index is 13.2. The summed E-state index contributed by atoms with van der Waals surface area (Å²) in [6, 6.07) is 2.49. The van der Waals surface area contributed by atoms with Gasteiger partial charge in [0.2, 0.25) is 0 Å². The lowest BCUT2D eigenvalue weighted by Crippen LogP contribution is -2.37. The zero-order valence-corrected chi connectivity index (χ0v) is 18.1. The first-order chi connectivity index (χ1) is 13.6. The van der Waals surface area contributed by atoms with Crippen LogP contribution in [-0.2, 0) is 14.5 Å². The minimum absolute atomic E-state index is 0.451. The molecule has 8 heteroatoms. The molecule has 1 atom stereocenters. The molecule has 0 radical (unpaired) electrons. The van der Waals surface area contributed by atoms with E-state index in [9.17, 15) is 4.21 Å². The highest BCUT2D eigenvalue weighted by atomic mass is 32.2. The van der Waals surface area contributed by atoms with Crippen LogP contribution in [0, 0.1) is 5.92 Å². The Morgan fingerprint density at radius 2 is 2.11 bits per heavy atom. The summed E-state index contributed by atoms with van der Waals surface area (Å²) in [6.45, 7) is 3.28. The highest BCUT2D eigenvalue weighted by Crippen LogP contribution is 2.32. The third-order valence-corrected chi connectivity index (χ3v) is 8.13. The third-order valence-electron chi connectivity index (χ3n) is 5.68. The fourth-order valence-corrected chi connectivity index (χ4v) is 6.47. The standard InChI is InChI=1S/C20H33N5O2S/c1-4-10-24-28(26,13-12-27-3)14-16-5-7-17(8-6-16)25(2)20-18-9-11-21-19(18)22-15-23-20/h9,11,15-17H,4-8,10,12-14H2,1-3H3,(H,21,22,23). The van der Waals surface area contributed by atoms with E-state index in [0.717, 1.165) is 49.0 Å². The average Bonchev–Trinajstić information content (AvgIpc) is 3.20. The van der Waals surface area contributed by atoms with Crippen LogP contribution in [0.15, 0.2) is 23.0 Å². The Morgan fingerprint density at radius 3 is 2.82 bits per heavy atom. The van der Waals surface area contributed by atoms with Gasteiger partial charge in [0.25, 0.3) is 0 Å². The Labute approximate surface area is 168 Å². The highest BCUT2D eigenvalue weighted by Gasteiger charge is 2.28. The molecule has 0 aromatic carbocycles. The fraction of sp³-hybridized carbons (Fsp3) is 0.700. The van der Waals surface area contributed by atoms with Crippen LogP contribution < -0.4 is 4.90 Å². The molecule has 0 saturated heterocycles. The molecule has 1 fully saturated rings. The van der Waals surface area contributed by atoms with Gasteiger partial charge in [0.05, 0.1) is 17.7 Å². The van der Waals surface area contributed by atoms with Crippen LogP contribution in [0.2, 0.25) is 0 Å². The number of hydrogen-bond acceptors (Lipinski definition) is 6. The predicted molar refractivity (Wildman–Crippen MR) is 115 cm³/mol. The largest absolute Gasteiger partial charge is 0.384 e. The monoisotopic (exact) mass is 407 g/mol. The van der Waals surface area contributed by atoms with E-state index < -0.39 is 9.73 Å². The predicted octanol–water partition coefficient (Wildman–Crippen LogP) is 3.48. The molecule has 156 valence electrons. The van der Waals surface area contributed by atoms with Gasteiger partial charge in [-0.25, -0.2) is 18.5 Å². The number of aromatic nitrogens is 3. The number of ether oxygens (including phenoxy) is 1. The van der Waals surface area contributed by atoms with Crippen molar-refractivity contribution in [3.8, 4) is 0 Å². The number of nitrogens with zero attached hydrogens (tertiary/aromatic N) is 4. The van der Waals surface area contributed by atoms with E-state index in [-0.39, 0.29) is 0 Å². The van der Waals surface area contributed by atoms with Crippen LogP contribution >= 0.6 is 0 Å². The highest BCUT2D eigenvalue weighted by molar-refractivity contribution is 7.93. The molecular weight excluding hydrogens is 374 g/mol. The van der Waals surface area contributed by atoms with Crippen molar-refractivity contribution in [2.75, 3.05) is 43.7 Å². The van der Waals surface area contributed by atoms with E-state index in [4.69, 9.17) is 4.74 Å². The van der Waals surface area contributed by atoms with Crippen molar-refractivity contribution in [3.05, 3.63) is 18.6 Å². The summed E-state index contributed by atoms with van der Waals surface area (Å²) in [5.41, 5.74) is 0.876. The molecule has 1 aliphatic rings. The SMILES string of the molecule is CCCN=S(=O)(CCOC)CC1CCC(N(C)c2ncnc3[nH]ccc23)CC1. The second kappa shape index (κ2) is 9.69. The van der Waals surface area contributed by atoms with Crippen molar-refractivity contribution in [2.24, 2.45) is 10.3 Å². The van der Waals surface area contributed by atoms with Crippen molar-refractivity contribution >= 4 is 26.6 Å². The molecule has 1 saturated carbocycles. The molecule has 0 bridgehead atoms. The van der Waals surface area contributed by atoms with Crippen LogP contribution in [0.5, 0.6) is 0 Å². The van der Waals surface area contributed by atoms with Gasteiger partial charge in [0.1, 0.15) is 17.8 Å². The number of aromatic amines is 1. The summed E-state index contributed by atoms with van der Waals surface area (Å²) in [6.07, 6.45) is 8.81. The molecule has 1 aliphatic carbocycles. The lowest BCUT2D eigenvalue weighted by Gasteiger charge is -2.35. The molecule has 2 aromatic rings. The minimum Gasteiger partial charge on any atom is -0.384 e. The molecule has 2 heterocycles. The topological polar surface area (TPSA) is 83.5 Å². The first kappa shape index (κ1) is 21.0. The molecule has 1 N–H and O–H groups in total. The number of hydrogen-bond donors (Lipinski definition) is 1. The van der Waals surface area contributed by atoms with Gasteiger partial charge < -0.3 is 14.6 Å². The van der Waals surface area contributed by atoms with E-state index in [1.54, 1.807) is 13.4 Å². The van der Waals surface area contributed by atoms with Gasteiger partial charge >= 0.3 is 0 Å². The zero-order chi connectivity index (χ0) is 20.0. The number of H-pyrrole nitrogens is 1. The van der Waals surface area contributed by atoms with Gasteiger partial charge in [-0.05, 0) is 44.1 Å². The van der Waals surface area contributed by atoms with Crippen LogP contribution in [0.25, 0.3) is 11.0 Å². The normalized spacial score (nSPS) is 22.1. The average molecular weight is 408 g/mol. The van der Waals surface area contributed by atoms with Gasteiger partial charge in [-0.1, -0.05) is 6.92 Å². The summed E-state index contributed by atoms with van der Waals surface area (Å²) in [7, 11) is 1.62. The quantitative estimate of drug-likeness (QED) is 0.688. The van der Waals surface area contributed by atoms with E-state index in [2.05, 4.69) is 38.2 Å². The lowest BCUT2D eigenvalue weighted by atomic mass is 9.86. The van der Waals surface area contributed by atoms with Crippen molar-refractivity contribution in [2.45, 2.75) is 45.1 Å². The number of methoxy groups -OCH3 is 1.